The highest BCUT2D eigenvalue weighted by atomic mass is 32.2. The number of carbonyl (C=O) groups is 1. The molecule has 3 N–H and O–H groups in total. The molecular weight excluding hydrogens is 356 g/mol. The van der Waals surface area contributed by atoms with Gasteiger partial charge in [-0.2, -0.15) is 5.10 Å². The number of hydrogen-bond donors (Lipinski definition) is 2. The van der Waals surface area contributed by atoms with Gasteiger partial charge < -0.3 is 5.32 Å². The highest BCUT2D eigenvalue weighted by molar-refractivity contribution is 7.89. The normalized spacial score (nSPS) is 13.9. The van der Waals surface area contributed by atoms with Crippen molar-refractivity contribution in [1.82, 2.24) is 15.1 Å². The summed E-state index contributed by atoms with van der Waals surface area (Å²) in [6.45, 7) is 0.0603. The molecule has 9 heteroatoms. The third-order valence-corrected chi connectivity index (χ3v) is 5.24. The molecule has 1 heterocycles. The van der Waals surface area contributed by atoms with Crippen molar-refractivity contribution in [3.05, 3.63) is 57.5 Å². The molecule has 0 fully saturated rings. The SMILES string of the molecule is NS(=O)(=O)c1ccc(CNC(=O)Cn2nc3c(cc2=O)CCCC3)cc1. The Labute approximate surface area is 151 Å². The van der Waals surface area contributed by atoms with Gasteiger partial charge in [-0.3, -0.25) is 9.59 Å². The Kier molecular flexibility index (Phi) is 5.19. The van der Waals surface area contributed by atoms with Gasteiger partial charge in [-0.1, -0.05) is 12.1 Å². The molecule has 1 aromatic heterocycles. The molecule has 0 aliphatic heterocycles. The van der Waals surface area contributed by atoms with Gasteiger partial charge in [0.2, 0.25) is 15.9 Å². The molecule has 138 valence electrons. The van der Waals surface area contributed by atoms with Gasteiger partial charge in [0.05, 0.1) is 10.6 Å². The van der Waals surface area contributed by atoms with Crippen LogP contribution >= 0.6 is 0 Å². The van der Waals surface area contributed by atoms with E-state index >= 15 is 0 Å². The molecule has 26 heavy (non-hydrogen) atoms. The van der Waals surface area contributed by atoms with E-state index in [9.17, 15) is 18.0 Å². The molecule has 1 aliphatic carbocycles. The van der Waals surface area contributed by atoms with E-state index in [1.54, 1.807) is 18.2 Å². The second kappa shape index (κ2) is 7.38. The van der Waals surface area contributed by atoms with Gasteiger partial charge in [0.1, 0.15) is 6.54 Å². The lowest BCUT2D eigenvalue weighted by molar-refractivity contribution is -0.122. The van der Waals surface area contributed by atoms with Crippen LogP contribution in [0.2, 0.25) is 0 Å². The fourth-order valence-corrected chi connectivity index (χ4v) is 3.42. The summed E-state index contributed by atoms with van der Waals surface area (Å²) in [5.41, 5.74) is 2.31. The van der Waals surface area contributed by atoms with E-state index in [0.29, 0.717) is 0 Å². The molecule has 0 spiro atoms. The average Bonchev–Trinajstić information content (AvgIpc) is 2.60. The minimum atomic E-state index is -3.74. The first kappa shape index (κ1) is 18.3. The van der Waals surface area contributed by atoms with Crippen molar-refractivity contribution in [1.29, 1.82) is 0 Å². The van der Waals surface area contributed by atoms with Crippen LogP contribution in [0.3, 0.4) is 0 Å². The van der Waals surface area contributed by atoms with Gasteiger partial charge >= 0.3 is 0 Å². The number of nitrogens with two attached hydrogens (primary N) is 1. The maximum Gasteiger partial charge on any atom is 0.267 e. The van der Waals surface area contributed by atoms with Gasteiger partial charge in [-0.05, 0) is 48.9 Å². The number of hydrogen-bond acceptors (Lipinski definition) is 5. The van der Waals surface area contributed by atoms with Crippen LogP contribution in [0.1, 0.15) is 29.7 Å². The second-order valence-corrected chi connectivity index (χ2v) is 7.85. The molecule has 3 rings (SSSR count). The smallest absolute Gasteiger partial charge is 0.267 e. The zero-order valence-electron chi connectivity index (χ0n) is 14.1. The highest BCUT2D eigenvalue weighted by Gasteiger charge is 2.14. The Morgan fingerprint density at radius 3 is 2.58 bits per heavy atom. The zero-order chi connectivity index (χ0) is 18.7. The average molecular weight is 376 g/mol. The lowest BCUT2D eigenvalue weighted by Crippen LogP contribution is -2.34. The Morgan fingerprint density at radius 2 is 1.88 bits per heavy atom. The molecule has 0 bridgehead atoms. The van der Waals surface area contributed by atoms with Crippen molar-refractivity contribution in [2.24, 2.45) is 5.14 Å². The van der Waals surface area contributed by atoms with Gasteiger partial charge in [0.25, 0.3) is 5.56 Å². The molecule has 0 atom stereocenters. The summed E-state index contributed by atoms with van der Waals surface area (Å²) < 4.78 is 23.6. The summed E-state index contributed by atoms with van der Waals surface area (Å²) in [4.78, 5) is 24.2. The quantitative estimate of drug-likeness (QED) is 0.765. The Hall–Kier alpha value is -2.52. The third kappa shape index (κ3) is 4.36. The maximum absolute atomic E-state index is 12.1. The van der Waals surface area contributed by atoms with E-state index in [1.165, 1.54) is 16.8 Å². The number of fused-ring (bicyclic) bond motifs is 1. The first-order valence-corrected chi connectivity index (χ1v) is 9.86. The monoisotopic (exact) mass is 376 g/mol. The number of rotatable bonds is 5. The predicted octanol–water partition coefficient (Wildman–Crippen LogP) is 0.0859. The number of amides is 1. The number of aromatic nitrogens is 2. The first-order chi connectivity index (χ1) is 12.3. The van der Waals surface area contributed by atoms with Crippen molar-refractivity contribution >= 4 is 15.9 Å². The van der Waals surface area contributed by atoms with Crippen LogP contribution in [0.5, 0.6) is 0 Å². The van der Waals surface area contributed by atoms with Crippen LogP contribution in [0, 0.1) is 0 Å². The summed E-state index contributed by atoms with van der Waals surface area (Å²) in [5.74, 6) is -0.342. The topological polar surface area (TPSA) is 124 Å². The molecule has 0 unspecified atom stereocenters. The zero-order valence-corrected chi connectivity index (χ0v) is 15.0. The molecular formula is C17H20N4O4S. The van der Waals surface area contributed by atoms with E-state index < -0.39 is 10.0 Å². The molecule has 1 amide bonds. The van der Waals surface area contributed by atoms with Crippen molar-refractivity contribution in [3.63, 3.8) is 0 Å². The van der Waals surface area contributed by atoms with E-state index in [1.807, 2.05) is 0 Å². The lowest BCUT2D eigenvalue weighted by atomic mass is 9.97. The van der Waals surface area contributed by atoms with Crippen LogP contribution in [0.25, 0.3) is 0 Å². The minimum Gasteiger partial charge on any atom is -0.350 e. The Bertz CT molecular complexity index is 981. The minimum absolute atomic E-state index is 0.0115. The van der Waals surface area contributed by atoms with E-state index in [0.717, 1.165) is 42.5 Å². The number of carbonyl (C=O) groups excluding carboxylic acids is 1. The van der Waals surface area contributed by atoms with Gasteiger partial charge in [0, 0.05) is 12.6 Å². The number of aryl methyl sites for hydroxylation is 2. The standard InChI is InChI=1S/C17H20N4O4S/c18-26(24,25)14-7-5-12(6-8-14)10-19-16(22)11-21-17(23)9-13-3-1-2-4-15(13)20-21/h5-9H,1-4,10-11H2,(H,19,22)(H2,18,24,25). The molecule has 2 aromatic rings. The van der Waals surface area contributed by atoms with Gasteiger partial charge in [0.15, 0.2) is 0 Å². The first-order valence-electron chi connectivity index (χ1n) is 8.31. The predicted molar refractivity (Wildman–Crippen MR) is 94.8 cm³/mol. The molecule has 1 aromatic carbocycles. The molecule has 0 radical (unpaired) electrons. The number of sulfonamides is 1. The summed E-state index contributed by atoms with van der Waals surface area (Å²) in [6, 6.07) is 7.48. The molecule has 0 saturated heterocycles. The summed E-state index contributed by atoms with van der Waals surface area (Å²) in [7, 11) is -3.74. The molecule has 1 aliphatic rings. The van der Waals surface area contributed by atoms with Crippen molar-refractivity contribution in [2.75, 3.05) is 0 Å². The molecule has 8 nitrogen and oxygen atoms in total. The number of nitrogens with zero attached hydrogens (tertiary/aromatic N) is 2. The van der Waals surface area contributed by atoms with Crippen molar-refractivity contribution < 1.29 is 13.2 Å². The number of nitrogens with one attached hydrogen (secondary N) is 1. The summed E-state index contributed by atoms with van der Waals surface area (Å²) in [6.07, 6.45) is 3.79. The van der Waals surface area contributed by atoms with Crippen LogP contribution in [0.4, 0.5) is 0 Å². The van der Waals surface area contributed by atoms with Crippen LogP contribution in [-0.2, 0) is 40.7 Å². The third-order valence-electron chi connectivity index (χ3n) is 4.31. The summed E-state index contributed by atoms with van der Waals surface area (Å²) in [5, 5.41) is 12.0. The van der Waals surface area contributed by atoms with E-state index in [4.69, 9.17) is 5.14 Å². The largest absolute Gasteiger partial charge is 0.350 e. The van der Waals surface area contributed by atoms with Crippen LogP contribution < -0.4 is 16.0 Å². The van der Waals surface area contributed by atoms with Gasteiger partial charge in [-0.15, -0.1) is 0 Å². The lowest BCUT2D eigenvalue weighted by Gasteiger charge is -2.15. The van der Waals surface area contributed by atoms with Gasteiger partial charge in [-0.25, -0.2) is 18.2 Å². The van der Waals surface area contributed by atoms with E-state index in [2.05, 4.69) is 10.4 Å². The number of primary sulfonamides is 1. The molecule has 0 saturated carbocycles. The van der Waals surface area contributed by atoms with Crippen molar-refractivity contribution in [2.45, 2.75) is 43.7 Å². The maximum atomic E-state index is 12.1. The highest BCUT2D eigenvalue weighted by Crippen LogP contribution is 2.16. The van der Waals surface area contributed by atoms with Crippen LogP contribution in [-0.4, -0.2) is 24.1 Å². The fraction of sp³-hybridized carbons (Fsp3) is 0.353. The second-order valence-electron chi connectivity index (χ2n) is 6.28. The van der Waals surface area contributed by atoms with E-state index in [-0.39, 0.29) is 29.5 Å². The Balaban J connectivity index is 1.62. The summed E-state index contributed by atoms with van der Waals surface area (Å²) >= 11 is 0. The van der Waals surface area contributed by atoms with Crippen molar-refractivity contribution in [3.8, 4) is 0 Å². The number of benzene rings is 1. The fourth-order valence-electron chi connectivity index (χ4n) is 2.90. The van der Waals surface area contributed by atoms with Crippen LogP contribution in [0.15, 0.2) is 40.0 Å². The Morgan fingerprint density at radius 1 is 1.19 bits per heavy atom.